The third kappa shape index (κ3) is 3.84. The molecule has 0 amide bonds. The topological polar surface area (TPSA) is 75.5 Å². The third-order valence-corrected chi connectivity index (χ3v) is 9.12. The Balaban J connectivity index is 1.53. The van der Waals surface area contributed by atoms with Gasteiger partial charge in [-0.2, -0.15) is 0 Å². The highest BCUT2D eigenvalue weighted by molar-refractivity contribution is 5.48. The molecule has 1 fully saturated rings. The number of hydrogen-bond acceptors (Lipinski definition) is 5. The van der Waals surface area contributed by atoms with E-state index in [9.17, 15) is 10.2 Å². The highest BCUT2D eigenvalue weighted by Gasteiger charge is 2.63. The van der Waals surface area contributed by atoms with E-state index in [0.29, 0.717) is 25.1 Å². The summed E-state index contributed by atoms with van der Waals surface area (Å²) in [5.41, 5.74) is 2.13. The summed E-state index contributed by atoms with van der Waals surface area (Å²) in [7, 11) is 0. The lowest BCUT2D eigenvalue weighted by atomic mass is 9.46. The van der Waals surface area contributed by atoms with E-state index in [2.05, 4.69) is 48.9 Å². The minimum atomic E-state index is -1.39. The summed E-state index contributed by atoms with van der Waals surface area (Å²) >= 11 is 0. The van der Waals surface area contributed by atoms with E-state index in [-0.39, 0.29) is 16.7 Å². The average Bonchev–Trinajstić information content (AvgIpc) is 2.85. The fourth-order valence-corrected chi connectivity index (χ4v) is 7.02. The minimum Gasteiger partial charge on any atom is -0.489 e. The Morgan fingerprint density at radius 3 is 2.42 bits per heavy atom. The predicted octanol–water partition coefficient (Wildman–Crippen LogP) is 5.74. The van der Waals surface area contributed by atoms with Crippen molar-refractivity contribution in [3.63, 3.8) is 0 Å². The molecule has 5 heteroatoms. The zero-order valence-corrected chi connectivity index (χ0v) is 22.1. The van der Waals surface area contributed by atoms with Crippen molar-refractivity contribution in [3.05, 3.63) is 89.0 Å². The van der Waals surface area contributed by atoms with Gasteiger partial charge in [0.15, 0.2) is 0 Å². The monoisotopic (exact) mass is 486 g/mol. The second kappa shape index (κ2) is 8.67. The maximum absolute atomic E-state index is 11.9. The van der Waals surface area contributed by atoms with Gasteiger partial charge in [0.25, 0.3) is 0 Å². The van der Waals surface area contributed by atoms with Gasteiger partial charge in [0, 0.05) is 29.1 Å². The molecular weight excluding hydrogens is 448 g/mol. The van der Waals surface area contributed by atoms with Crippen LogP contribution in [0.2, 0.25) is 0 Å². The van der Waals surface area contributed by atoms with Crippen LogP contribution in [0.3, 0.4) is 0 Å². The summed E-state index contributed by atoms with van der Waals surface area (Å²) in [6.45, 7) is 11.0. The number of aryl methyl sites for hydroxylation is 1. The molecule has 0 saturated heterocycles. The highest BCUT2D eigenvalue weighted by atomic mass is 16.5. The standard InChI is InChI=1S/C31H38N2O3/c1-6-30-20-29(5,34)31(35,27-11-7-8-14-33-27)18-23(30)17-28(3,4)26-16-24(12-13-25(26)30)36-19-22-10-9-15-32-21(22)2/h7-16,23,34-35H,6,17-20H2,1-5H3/t23-,29?,30?,31?/m1/s1. The quantitative estimate of drug-likeness (QED) is 0.481. The first kappa shape index (κ1) is 24.9. The van der Waals surface area contributed by atoms with E-state index < -0.39 is 11.2 Å². The van der Waals surface area contributed by atoms with Gasteiger partial charge in [-0.3, -0.25) is 9.97 Å². The largest absolute Gasteiger partial charge is 0.489 e. The zero-order chi connectivity index (χ0) is 25.8. The molecule has 36 heavy (non-hydrogen) atoms. The number of ether oxygens (including phenoxy) is 1. The molecule has 3 unspecified atom stereocenters. The number of aliphatic hydroxyl groups is 2. The predicted molar refractivity (Wildman–Crippen MR) is 141 cm³/mol. The molecule has 2 heterocycles. The Kier molecular flexibility index (Phi) is 6.00. The van der Waals surface area contributed by atoms with Gasteiger partial charge in [-0.1, -0.05) is 39.0 Å². The second-order valence-electron chi connectivity index (χ2n) is 11.8. The number of hydrogen-bond donors (Lipinski definition) is 2. The van der Waals surface area contributed by atoms with E-state index in [4.69, 9.17) is 4.74 Å². The summed E-state index contributed by atoms with van der Waals surface area (Å²) in [6.07, 6.45) is 6.27. The van der Waals surface area contributed by atoms with Crippen molar-refractivity contribution < 1.29 is 14.9 Å². The van der Waals surface area contributed by atoms with Gasteiger partial charge in [-0.25, -0.2) is 0 Å². The molecule has 2 aliphatic carbocycles. The Hall–Kier alpha value is -2.76. The van der Waals surface area contributed by atoms with Crippen molar-refractivity contribution >= 4 is 0 Å². The lowest BCUT2D eigenvalue weighted by Crippen LogP contribution is -2.63. The van der Waals surface area contributed by atoms with Crippen molar-refractivity contribution in [1.29, 1.82) is 0 Å². The lowest BCUT2D eigenvalue weighted by Gasteiger charge is -2.60. The summed E-state index contributed by atoms with van der Waals surface area (Å²) < 4.78 is 6.23. The van der Waals surface area contributed by atoms with Crippen LogP contribution in [0.15, 0.2) is 60.9 Å². The van der Waals surface area contributed by atoms with Crippen LogP contribution in [0.1, 0.15) is 81.5 Å². The maximum atomic E-state index is 11.9. The number of rotatable bonds is 5. The van der Waals surface area contributed by atoms with Gasteiger partial charge in [-0.15, -0.1) is 0 Å². The minimum absolute atomic E-state index is 0.101. The smallest absolute Gasteiger partial charge is 0.135 e. The number of benzene rings is 1. The van der Waals surface area contributed by atoms with Gasteiger partial charge >= 0.3 is 0 Å². The summed E-state index contributed by atoms with van der Waals surface area (Å²) in [5.74, 6) is 1.06. The van der Waals surface area contributed by atoms with E-state index in [1.807, 2.05) is 37.3 Å². The average molecular weight is 487 g/mol. The fourth-order valence-electron chi connectivity index (χ4n) is 7.02. The molecule has 4 atom stereocenters. The Morgan fingerprint density at radius 1 is 0.944 bits per heavy atom. The van der Waals surface area contributed by atoms with Crippen LogP contribution in [-0.4, -0.2) is 25.8 Å². The Morgan fingerprint density at radius 2 is 1.72 bits per heavy atom. The molecule has 0 bridgehead atoms. The molecule has 0 radical (unpaired) electrons. The SMILES string of the molecule is CCC12CC(C)(O)C(O)(c3ccccn3)C[C@H]1CC(C)(C)c1cc(OCc3cccnc3C)ccc12. The number of nitrogens with zero attached hydrogens (tertiary/aromatic N) is 2. The van der Waals surface area contributed by atoms with Crippen molar-refractivity contribution in [2.75, 3.05) is 0 Å². The molecule has 1 saturated carbocycles. The van der Waals surface area contributed by atoms with Crippen molar-refractivity contribution in [1.82, 2.24) is 9.97 Å². The molecule has 5 nitrogen and oxygen atoms in total. The Bertz CT molecular complexity index is 1260. The van der Waals surface area contributed by atoms with Crippen LogP contribution in [0, 0.1) is 12.8 Å². The van der Waals surface area contributed by atoms with E-state index in [0.717, 1.165) is 29.8 Å². The number of fused-ring (bicyclic) bond motifs is 3. The van der Waals surface area contributed by atoms with Crippen LogP contribution in [0.4, 0.5) is 0 Å². The number of pyridine rings is 2. The van der Waals surface area contributed by atoms with Crippen LogP contribution in [0.25, 0.3) is 0 Å². The molecule has 190 valence electrons. The van der Waals surface area contributed by atoms with Gasteiger partial charge in [-0.05, 0) is 92.3 Å². The molecule has 5 rings (SSSR count). The van der Waals surface area contributed by atoms with Crippen LogP contribution < -0.4 is 4.74 Å². The molecule has 0 spiro atoms. The maximum Gasteiger partial charge on any atom is 0.135 e. The van der Waals surface area contributed by atoms with E-state index >= 15 is 0 Å². The molecule has 2 N–H and O–H groups in total. The first-order valence-corrected chi connectivity index (χ1v) is 13.1. The zero-order valence-electron chi connectivity index (χ0n) is 22.1. The first-order chi connectivity index (χ1) is 17.0. The van der Waals surface area contributed by atoms with Crippen molar-refractivity contribution in [2.45, 2.75) is 88.9 Å². The van der Waals surface area contributed by atoms with Gasteiger partial charge < -0.3 is 14.9 Å². The molecule has 3 aromatic rings. The molecule has 1 aromatic carbocycles. The molecule has 2 aliphatic rings. The summed E-state index contributed by atoms with van der Waals surface area (Å²) in [4.78, 5) is 8.84. The van der Waals surface area contributed by atoms with Crippen LogP contribution >= 0.6 is 0 Å². The van der Waals surface area contributed by atoms with Crippen LogP contribution in [-0.2, 0) is 23.0 Å². The van der Waals surface area contributed by atoms with Crippen molar-refractivity contribution in [3.8, 4) is 5.75 Å². The van der Waals surface area contributed by atoms with Gasteiger partial charge in [0.05, 0.1) is 11.3 Å². The third-order valence-electron chi connectivity index (χ3n) is 9.12. The normalized spacial score (nSPS) is 30.8. The summed E-state index contributed by atoms with van der Waals surface area (Å²) in [5, 5.41) is 23.8. The Labute approximate surface area is 214 Å². The molecule has 0 aliphatic heterocycles. The van der Waals surface area contributed by atoms with Gasteiger partial charge in [0.2, 0.25) is 0 Å². The fraction of sp³-hybridized carbons (Fsp3) is 0.484. The number of aromatic nitrogens is 2. The molecule has 2 aromatic heterocycles. The van der Waals surface area contributed by atoms with Crippen molar-refractivity contribution in [2.24, 2.45) is 5.92 Å². The van der Waals surface area contributed by atoms with E-state index in [1.165, 1.54) is 11.1 Å². The van der Waals surface area contributed by atoms with E-state index in [1.54, 1.807) is 19.3 Å². The highest BCUT2D eigenvalue weighted by Crippen LogP contribution is 2.62. The van der Waals surface area contributed by atoms with Crippen LogP contribution in [0.5, 0.6) is 5.75 Å². The first-order valence-electron chi connectivity index (χ1n) is 13.1. The van der Waals surface area contributed by atoms with Gasteiger partial charge in [0.1, 0.15) is 18.0 Å². The lowest BCUT2D eigenvalue weighted by molar-refractivity contribution is -0.209. The second-order valence-corrected chi connectivity index (χ2v) is 11.8. The molecular formula is C31H38N2O3. The summed E-state index contributed by atoms with van der Waals surface area (Å²) in [6, 6.07) is 16.0.